The zero-order valence-electron chi connectivity index (χ0n) is 12.0. The molecule has 0 radical (unpaired) electrons. The van der Waals surface area contributed by atoms with Crippen LogP contribution in [0.5, 0.6) is 0 Å². The third-order valence-corrected chi connectivity index (χ3v) is 4.62. The van der Waals surface area contributed by atoms with Crippen LogP contribution in [0, 0.1) is 13.8 Å². The molecule has 104 valence electrons. The fourth-order valence-corrected chi connectivity index (χ4v) is 3.68. The van der Waals surface area contributed by atoms with Crippen molar-refractivity contribution in [1.82, 2.24) is 4.90 Å². The maximum atomic E-state index is 6.21. The van der Waals surface area contributed by atoms with Crippen molar-refractivity contribution < 1.29 is 4.42 Å². The Morgan fingerprint density at radius 3 is 2.58 bits per heavy atom. The smallest absolute Gasteiger partial charge is 0.105 e. The Hall–Kier alpha value is -1.10. The van der Waals surface area contributed by atoms with E-state index in [4.69, 9.17) is 10.2 Å². The summed E-state index contributed by atoms with van der Waals surface area (Å²) in [5.41, 5.74) is 8.75. The van der Waals surface area contributed by atoms with E-state index in [1.54, 1.807) is 17.6 Å². The van der Waals surface area contributed by atoms with Crippen LogP contribution >= 0.6 is 11.3 Å². The Morgan fingerprint density at radius 1 is 1.37 bits per heavy atom. The third kappa shape index (κ3) is 3.08. The van der Waals surface area contributed by atoms with E-state index in [2.05, 4.69) is 37.2 Å². The van der Waals surface area contributed by atoms with Crippen LogP contribution in [0.3, 0.4) is 0 Å². The quantitative estimate of drug-likeness (QED) is 0.910. The number of rotatable bonds is 5. The zero-order valence-corrected chi connectivity index (χ0v) is 12.8. The monoisotopic (exact) mass is 278 g/mol. The number of thiophene rings is 1. The Labute approximate surface area is 119 Å². The summed E-state index contributed by atoms with van der Waals surface area (Å²) in [5, 5.41) is 2.14. The summed E-state index contributed by atoms with van der Waals surface area (Å²) in [5.74, 6) is 0.984. The van der Waals surface area contributed by atoms with Crippen LogP contribution in [0.1, 0.15) is 34.7 Å². The molecule has 0 fully saturated rings. The van der Waals surface area contributed by atoms with Crippen LogP contribution in [0.4, 0.5) is 0 Å². The molecule has 2 atom stereocenters. The van der Waals surface area contributed by atoms with Gasteiger partial charge in [0.25, 0.3) is 0 Å². The highest BCUT2D eigenvalue weighted by molar-refractivity contribution is 7.10. The SMILES string of the molecule is Cc1ccsc1C(C(C)N)N(C)Cc1ccoc1C. The molecular formula is C15H22N2OS. The van der Waals surface area contributed by atoms with E-state index in [1.807, 2.05) is 13.0 Å². The Balaban J connectivity index is 2.21. The molecule has 0 aliphatic rings. The van der Waals surface area contributed by atoms with Gasteiger partial charge in [-0.3, -0.25) is 4.90 Å². The van der Waals surface area contributed by atoms with Gasteiger partial charge in [-0.1, -0.05) is 0 Å². The molecule has 0 amide bonds. The molecule has 19 heavy (non-hydrogen) atoms. The van der Waals surface area contributed by atoms with Crippen molar-refractivity contribution in [1.29, 1.82) is 0 Å². The number of hydrogen-bond donors (Lipinski definition) is 1. The molecule has 0 bridgehead atoms. The van der Waals surface area contributed by atoms with Gasteiger partial charge in [0.1, 0.15) is 5.76 Å². The number of nitrogens with two attached hydrogens (primary N) is 1. The molecular weight excluding hydrogens is 256 g/mol. The number of likely N-dealkylation sites (N-methyl/N-ethyl adjacent to an activating group) is 1. The lowest BCUT2D eigenvalue weighted by Gasteiger charge is -2.31. The Kier molecular flexibility index (Phi) is 4.45. The summed E-state index contributed by atoms with van der Waals surface area (Å²) < 4.78 is 5.36. The van der Waals surface area contributed by atoms with Gasteiger partial charge in [0, 0.05) is 23.0 Å². The minimum Gasteiger partial charge on any atom is -0.469 e. The fraction of sp³-hybridized carbons (Fsp3) is 0.467. The lowest BCUT2D eigenvalue weighted by molar-refractivity contribution is 0.212. The molecule has 0 aliphatic carbocycles. The van der Waals surface area contributed by atoms with E-state index < -0.39 is 0 Å². The average molecular weight is 278 g/mol. The molecule has 3 nitrogen and oxygen atoms in total. The van der Waals surface area contributed by atoms with Crippen LogP contribution in [-0.2, 0) is 6.54 Å². The minimum absolute atomic E-state index is 0.0922. The first kappa shape index (κ1) is 14.3. The lowest BCUT2D eigenvalue weighted by atomic mass is 10.0. The maximum absolute atomic E-state index is 6.21. The molecule has 0 aliphatic heterocycles. The van der Waals surface area contributed by atoms with Gasteiger partial charge in [0.05, 0.1) is 12.3 Å². The molecule has 2 aromatic heterocycles. The van der Waals surface area contributed by atoms with Crippen molar-refractivity contribution in [2.24, 2.45) is 5.73 Å². The molecule has 2 rings (SSSR count). The molecule has 2 heterocycles. The maximum Gasteiger partial charge on any atom is 0.105 e. The van der Waals surface area contributed by atoms with Gasteiger partial charge in [0.2, 0.25) is 0 Å². The number of hydrogen-bond acceptors (Lipinski definition) is 4. The van der Waals surface area contributed by atoms with Gasteiger partial charge in [0.15, 0.2) is 0 Å². The Morgan fingerprint density at radius 2 is 2.11 bits per heavy atom. The van der Waals surface area contributed by atoms with Crippen LogP contribution in [0.25, 0.3) is 0 Å². The second-order valence-corrected chi connectivity index (χ2v) is 6.14. The predicted molar refractivity (Wildman–Crippen MR) is 80.4 cm³/mol. The van der Waals surface area contributed by atoms with Crippen LogP contribution in [0.15, 0.2) is 28.2 Å². The molecule has 2 N–H and O–H groups in total. The molecule has 0 spiro atoms. The molecule has 4 heteroatoms. The number of nitrogens with zero attached hydrogens (tertiary/aromatic N) is 1. The van der Waals surface area contributed by atoms with Gasteiger partial charge in [-0.25, -0.2) is 0 Å². The van der Waals surface area contributed by atoms with Crippen molar-refractivity contribution in [2.75, 3.05) is 7.05 Å². The second kappa shape index (κ2) is 5.90. The fourth-order valence-electron chi connectivity index (χ4n) is 2.47. The highest BCUT2D eigenvalue weighted by atomic mass is 32.1. The largest absolute Gasteiger partial charge is 0.469 e. The summed E-state index contributed by atoms with van der Waals surface area (Å²) in [7, 11) is 2.12. The molecule has 2 aromatic rings. The normalized spacial score (nSPS) is 14.8. The van der Waals surface area contributed by atoms with Crippen LogP contribution in [-0.4, -0.2) is 18.0 Å². The van der Waals surface area contributed by atoms with E-state index >= 15 is 0 Å². The average Bonchev–Trinajstić information content (AvgIpc) is 2.90. The summed E-state index contributed by atoms with van der Waals surface area (Å²) in [6.07, 6.45) is 1.75. The van der Waals surface area contributed by atoms with Crippen molar-refractivity contribution in [3.63, 3.8) is 0 Å². The van der Waals surface area contributed by atoms with Crippen molar-refractivity contribution in [3.05, 3.63) is 45.5 Å². The van der Waals surface area contributed by atoms with Crippen molar-refractivity contribution in [3.8, 4) is 0 Å². The number of furan rings is 1. The van der Waals surface area contributed by atoms with Crippen LogP contribution < -0.4 is 5.73 Å². The second-order valence-electron chi connectivity index (χ2n) is 5.19. The number of aryl methyl sites for hydroxylation is 2. The summed E-state index contributed by atoms with van der Waals surface area (Å²) >= 11 is 1.79. The standard InChI is InChI=1S/C15H22N2OS/c1-10-6-8-19-15(10)14(11(2)16)17(4)9-13-5-7-18-12(13)3/h5-8,11,14H,9,16H2,1-4H3. The van der Waals surface area contributed by atoms with E-state index in [0.717, 1.165) is 12.3 Å². The van der Waals surface area contributed by atoms with E-state index in [1.165, 1.54) is 16.0 Å². The molecule has 2 unspecified atom stereocenters. The van der Waals surface area contributed by atoms with E-state index in [9.17, 15) is 0 Å². The molecule has 0 saturated heterocycles. The predicted octanol–water partition coefficient (Wildman–Crippen LogP) is 3.48. The first-order valence-electron chi connectivity index (χ1n) is 6.53. The van der Waals surface area contributed by atoms with Crippen molar-refractivity contribution >= 4 is 11.3 Å². The van der Waals surface area contributed by atoms with Gasteiger partial charge in [-0.2, -0.15) is 0 Å². The van der Waals surface area contributed by atoms with Gasteiger partial charge >= 0.3 is 0 Å². The molecule has 0 saturated carbocycles. The first-order chi connectivity index (χ1) is 9.00. The lowest BCUT2D eigenvalue weighted by Crippen LogP contribution is -2.36. The summed E-state index contributed by atoms with van der Waals surface area (Å²) in [4.78, 5) is 3.67. The highest BCUT2D eigenvalue weighted by Crippen LogP contribution is 2.31. The van der Waals surface area contributed by atoms with Crippen molar-refractivity contribution in [2.45, 2.75) is 39.4 Å². The van der Waals surface area contributed by atoms with Gasteiger partial charge < -0.3 is 10.2 Å². The highest BCUT2D eigenvalue weighted by Gasteiger charge is 2.24. The molecule has 0 aromatic carbocycles. The Bertz CT molecular complexity index is 530. The van der Waals surface area contributed by atoms with E-state index in [0.29, 0.717) is 0 Å². The first-order valence-corrected chi connectivity index (χ1v) is 7.41. The zero-order chi connectivity index (χ0) is 14.0. The van der Waals surface area contributed by atoms with Gasteiger partial charge in [-0.05, 0) is 50.9 Å². The summed E-state index contributed by atoms with van der Waals surface area (Å²) in [6.45, 7) is 7.08. The van der Waals surface area contributed by atoms with Gasteiger partial charge in [-0.15, -0.1) is 11.3 Å². The van der Waals surface area contributed by atoms with E-state index in [-0.39, 0.29) is 12.1 Å². The van der Waals surface area contributed by atoms with Crippen LogP contribution in [0.2, 0.25) is 0 Å². The minimum atomic E-state index is 0.0922. The topological polar surface area (TPSA) is 42.4 Å². The third-order valence-electron chi connectivity index (χ3n) is 3.53. The summed E-state index contributed by atoms with van der Waals surface area (Å²) in [6, 6.07) is 4.53.